The first-order valence-electron chi connectivity index (χ1n) is 26.2. The molecule has 0 saturated heterocycles. The molecule has 10 nitrogen and oxygen atoms in total. The van der Waals surface area contributed by atoms with E-state index in [2.05, 4.69) is 26.0 Å². The van der Waals surface area contributed by atoms with Crippen molar-refractivity contribution < 1.29 is 42.7 Å². The van der Waals surface area contributed by atoms with Crippen LogP contribution in [0.3, 0.4) is 0 Å². The molecule has 0 aromatic heterocycles. The first kappa shape index (κ1) is 60.7. The molecule has 0 heterocycles. The smallest absolute Gasteiger partial charge is 0.472 e. The number of phosphoric acid groups is 1. The fourth-order valence-corrected chi connectivity index (χ4v) is 8.50. The SMILES string of the molecule is CCCCCCCC/C=C\CCCCCCCCCC(=O)OC(COCCCCCCCCCCCCCCCCCCCCCCCCC)COP(=O)(O)OCC(N)C(=O)O. The van der Waals surface area contributed by atoms with E-state index in [0.717, 1.165) is 44.9 Å². The van der Waals surface area contributed by atoms with Gasteiger partial charge in [-0.15, -0.1) is 0 Å². The maximum Gasteiger partial charge on any atom is 0.472 e. The Balaban J connectivity index is 4.07. The Bertz CT molecular complexity index is 1040. The van der Waals surface area contributed by atoms with E-state index in [-0.39, 0.29) is 13.0 Å². The number of esters is 1. The van der Waals surface area contributed by atoms with Crippen LogP contribution in [0.2, 0.25) is 0 Å². The Morgan fingerprint density at radius 3 is 1.23 bits per heavy atom. The van der Waals surface area contributed by atoms with Gasteiger partial charge >= 0.3 is 19.8 Å². The highest BCUT2D eigenvalue weighted by atomic mass is 31.2. The van der Waals surface area contributed by atoms with Crippen LogP contribution in [0, 0.1) is 0 Å². The maximum absolute atomic E-state index is 12.7. The van der Waals surface area contributed by atoms with E-state index >= 15 is 0 Å². The van der Waals surface area contributed by atoms with Crippen molar-refractivity contribution in [2.75, 3.05) is 26.4 Å². The topological polar surface area (TPSA) is 155 Å². The van der Waals surface area contributed by atoms with Crippen LogP contribution in [0.25, 0.3) is 0 Å². The molecule has 0 saturated carbocycles. The fraction of sp³-hybridized carbons (Fsp3) is 0.922. The van der Waals surface area contributed by atoms with Gasteiger partial charge in [-0.25, -0.2) is 4.57 Å². The molecule has 0 aliphatic rings. The third-order valence-corrected chi connectivity index (χ3v) is 12.7. The molecule has 3 atom stereocenters. The lowest BCUT2D eigenvalue weighted by molar-refractivity contribution is -0.154. The summed E-state index contributed by atoms with van der Waals surface area (Å²) in [6, 6.07) is -1.47. The van der Waals surface area contributed by atoms with E-state index in [0.29, 0.717) is 13.0 Å². The zero-order chi connectivity index (χ0) is 45.5. The highest BCUT2D eigenvalue weighted by molar-refractivity contribution is 7.47. The molecule has 368 valence electrons. The monoisotopic (exact) mass is 902 g/mol. The normalized spacial score (nSPS) is 13.7. The molecule has 4 N–H and O–H groups in total. The Kier molecular flexibility index (Phi) is 46.7. The summed E-state index contributed by atoms with van der Waals surface area (Å²) in [6.45, 7) is 3.94. The molecule has 0 aromatic carbocycles. The summed E-state index contributed by atoms with van der Waals surface area (Å²) in [7, 11) is -4.62. The molecule has 0 aliphatic carbocycles. The third-order valence-electron chi connectivity index (χ3n) is 11.8. The van der Waals surface area contributed by atoms with Crippen LogP contribution in [-0.4, -0.2) is 60.5 Å². The second-order valence-corrected chi connectivity index (χ2v) is 19.5. The summed E-state index contributed by atoms with van der Waals surface area (Å²) in [5.41, 5.74) is 5.38. The Labute approximate surface area is 382 Å². The van der Waals surface area contributed by atoms with E-state index in [1.807, 2.05) is 0 Å². The molecule has 0 fully saturated rings. The van der Waals surface area contributed by atoms with Crippen molar-refractivity contribution in [2.45, 2.75) is 276 Å². The summed E-state index contributed by atoms with van der Waals surface area (Å²) < 4.78 is 33.5. The lowest BCUT2D eigenvalue weighted by Gasteiger charge is -2.20. The number of phosphoric ester groups is 1. The average molecular weight is 902 g/mol. The predicted molar refractivity (Wildman–Crippen MR) is 259 cm³/mol. The van der Waals surface area contributed by atoms with Gasteiger partial charge in [-0.1, -0.05) is 231 Å². The van der Waals surface area contributed by atoms with Gasteiger partial charge < -0.3 is 25.2 Å². The third kappa shape index (κ3) is 46.7. The zero-order valence-electron chi connectivity index (χ0n) is 40.5. The minimum atomic E-state index is -4.62. The maximum atomic E-state index is 12.7. The number of carboxylic acids is 1. The Morgan fingerprint density at radius 1 is 0.500 bits per heavy atom. The number of hydrogen-bond acceptors (Lipinski definition) is 8. The van der Waals surface area contributed by atoms with E-state index in [1.165, 1.54) is 193 Å². The van der Waals surface area contributed by atoms with Crippen LogP contribution in [0.5, 0.6) is 0 Å². The second-order valence-electron chi connectivity index (χ2n) is 18.0. The molecule has 62 heavy (non-hydrogen) atoms. The number of rotatable bonds is 51. The Morgan fingerprint density at radius 2 is 0.839 bits per heavy atom. The number of carbonyl (C=O) groups is 2. The number of unbranched alkanes of at least 4 members (excludes halogenated alkanes) is 35. The number of nitrogens with two attached hydrogens (primary N) is 1. The molecule has 11 heteroatoms. The van der Waals surface area contributed by atoms with Crippen LogP contribution < -0.4 is 5.73 Å². The largest absolute Gasteiger partial charge is 0.480 e. The standard InChI is InChI=1S/C51H100NO9P/c1-3-5-7-9-11-13-15-17-19-21-22-23-24-25-26-28-30-32-34-36-38-40-42-44-58-45-48(46-59-62(56,57)60-47-49(52)51(54)55)61-50(53)43-41-39-37-35-33-31-29-27-20-18-16-14-12-10-8-6-4-2/h18,20,48-49H,3-17,19,21-47,52H2,1-2H3,(H,54,55)(H,56,57)/b20-18-. The number of carboxylic acid groups (broad SMARTS) is 1. The minimum absolute atomic E-state index is 0.0218. The van der Waals surface area contributed by atoms with Gasteiger partial charge in [-0.3, -0.25) is 18.6 Å². The first-order valence-corrected chi connectivity index (χ1v) is 27.7. The summed E-state index contributed by atoms with van der Waals surface area (Å²) in [4.78, 5) is 33.7. The molecule has 0 aliphatic heterocycles. The van der Waals surface area contributed by atoms with E-state index < -0.39 is 45.1 Å². The number of ether oxygens (including phenoxy) is 2. The van der Waals surface area contributed by atoms with E-state index in [4.69, 9.17) is 29.4 Å². The second kappa shape index (κ2) is 47.7. The van der Waals surface area contributed by atoms with Gasteiger partial charge in [0.25, 0.3) is 0 Å². The lowest BCUT2D eigenvalue weighted by Crippen LogP contribution is -2.34. The van der Waals surface area contributed by atoms with Gasteiger partial charge in [0.15, 0.2) is 0 Å². The molecule has 0 aromatic rings. The average Bonchev–Trinajstić information content (AvgIpc) is 3.25. The van der Waals surface area contributed by atoms with Gasteiger partial charge in [-0.05, 0) is 38.5 Å². The first-order chi connectivity index (χ1) is 30.2. The summed E-state index contributed by atoms with van der Waals surface area (Å²) in [6.07, 6.45) is 52.7. The van der Waals surface area contributed by atoms with Crippen LogP contribution in [0.4, 0.5) is 0 Å². The van der Waals surface area contributed by atoms with Crippen LogP contribution in [0.1, 0.15) is 264 Å². The van der Waals surface area contributed by atoms with Crippen molar-refractivity contribution in [3.63, 3.8) is 0 Å². The lowest BCUT2D eigenvalue weighted by atomic mass is 10.0. The van der Waals surface area contributed by atoms with Crippen LogP contribution >= 0.6 is 7.82 Å². The molecule has 3 unspecified atom stereocenters. The Hall–Kier alpha value is -1.29. The molecular formula is C51H100NO9P. The number of carbonyl (C=O) groups excluding carboxylic acids is 1. The van der Waals surface area contributed by atoms with E-state index in [9.17, 15) is 19.0 Å². The van der Waals surface area contributed by atoms with E-state index in [1.54, 1.807) is 0 Å². The van der Waals surface area contributed by atoms with Crippen molar-refractivity contribution in [3.8, 4) is 0 Å². The van der Waals surface area contributed by atoms with Gasteiger partial charge in [-0.2, -0.15) is 0 Å². The van der Waals surface area contributed by atoms with Crippen molar-refractivity contribution in [3.05, 3.63) is 12.2 Å². The number of allylic oxidation sites excluding steroid dienone is 2. The van der Waals surface area contributed by atoms with Gasteiger partial charge in [0, 0.05) is 13.0 Å². The molecule has 0 spiro atoms. The minimum Gasteiger partial charge on any atom is -0.480 e. The molecule has 0 bridgehead atoms. The molecule has 0 rings (SSSR count). The quantitative estimate of drug-likeness (QED) is 0.0233. The van der Waals surface area contributed by atoms with Crippen LogP contribution in [-0.2, 0) is 32.7 Å². The number of hydrogen-bond donors (Lipinski definition) is 3. The van der Waals surface area contributed by atoms with Crippen molar-refractivity contribution >= 4 is 19.8 Å². The molecule has 0 amide bonds. The van der Waals surface area contributed by atoms with Gasteiger partial charge in [0.2, 0.25) is 0 Å². The van der Waals surface area contributed by atoms with Crippen molar-refractivity contribution in [2.24, 2.45) is 5.73 Å². The highest BCUT2D eigenvalue weighted by Crippen LogP contribution is 2.43. The van der Waals surface area contributed by atoms with Gasteiger partial charge in [0.05, 0.1) is 19.8 Å². The number of aliphatic carboxylic acids is 1. The summed E-state index contributed by atoms with van der Waals surface area (Å²) >= 11 is 0. The molecule has 0 radical (unpaired) electrons. The summed E-state index contributed by atoms with van der Waals surface area (Å²) in [5, 5.41) is 8.93. The van der Waals surface area contributed by atoms with Gasteiger partial charge in [0.1, 0.15) is 12.1 Å². The predicted octanol–water partition coefficient (Wildman–Crippen LogP) is 15.3. The van der Waals surface area contributed by atoms with Crippen molar-refractivity contribution in [1.82, 2.24) is 0 Å². The highest BCUT2D eigenvalue weighted by Gasteiger charge is 2.27. The summed E-state index contributed by atoms with van der Waals surface area (Å²) in [5.74, 6) is -1.77. The zero-order valence-corrected chi connectivity index (χ0v) is 41.4. The van der Waals surface area contributed by atoms with Crippen LogP contribution in [0.15, 0.2) is 12.2 Å². The van der Waals surface area contributed by atoms with Crippen molar-refractivity contribution in [1.29, 1.82) is 0 Å². The molecular weight excluding hydrogens is 802 g/mol. The fourth-order valence-electron chi connectivity index (χ4n) is 7.72.